The normalized spacial score (nSPS) is 16.4. The molecule has 122 valence electrons. The molecule has 7 heteroatoms. The van der Waals surface area contributed by atoms with E-state index in [1.807, 2.05) is 12.1 Å². The van der Waals surface area contributed by atoms with Crippen LogP contribution in [0.15, 0.2) is 24.5 Å². The zero-order valence-electron chi connectivity index (χ0n) is 13.2. The molecule has 1 aliphatic rings. The molecule has 0 saturated carbocycles. The molecule has 0 aromatic carbocycles. The van der Waals surface area contributed by atoms with Gasteiger partial charge in [0.1, 0.15) is 16.1 Å². The van der Waals surface area contributed by atoms with E-state index in [1.165, 1.54) is 0 Å². The molecule has 1 atom stereocenters. The quantitative estimate of drug-likeness (QED) is 0.876. The van der Waals surface area contributed by atoms with E-state index in [-0.39, 0.29) is 11.9 Å². The second-order valence-electron chi connectivity index (χ2n) is 5.59. The van der Waals surface area contributed by atoms with Crippen LogP contribution in [-0.4, -0.2) is 39.1 Å². The Kier molecular flexibility index (Phi) is 5.30. The predicted octanol–water partition coefficient (Wildman–Crippen LogP) is 1.95. The van der Waals surface area contributed by atoms with Gasteiger partial charge in [-0.25, -0.2) is 0 Å². The average Bonchev–Trinajstić information content (AvgIpc) is 3.26. The highest BCUT2D eigenvalue weighted by molar-refractivity contribution is 7.11. The molecule has 0 bridgehead atoms. The van der Waals surface area contributed by atoms with Gasteiger partial charge in [-0.3, -0.25) is 14.7 Å². The van der Waals surface area contributed by atoms with Crippen molar-refractivity contribution in [2.45, 2.75) is 38.8 Å². The van der Waals surface area contributed by atoms with Crippen LogP contribution in [0.5, 0.6) is 0 Å². The standard InChI is InChI=1S/C16H21N5OS/c1-2-13-19-20-14(23-13)11-18-16(22)15(21-8-3-4-9-21)12-6-5-7-17-10-12/h5-7,10,15H,2-4,8-9,11H2,1H3,(H,18,22). The number of nitrogens with zero attached hydrogens (tertiary/aromatic N) is 4. The third kappa shape index (κ3) is 3.92. The van der Waals surface area contributed by atoms with Crippen LogP contribution in [0.1, 0.15) is 41.4 Å². The van der Waals surface area contributed by atoms with Crippen LogP contribution in [-0.2, 0) is 17.8 Å². The van der Waals surface area contributed by atoms with Crippen molar-refractivity contribution >= 4 is 17.2 Å². The molecule has 0 aliphatic carbocycles. The third-order valence-corrected chi connectivity index (χ3v) is 5.05. The molecule has 0 spiro atoms. The average molecular weight is 331 g/mol. The summed E-state index contributed by atoms with van der Waals surface area (Å²) < 4.78 is 0. The molecule has 1 saturated heterocycles. The van der Waals surface area contributed by atoms with Crippen molar-refractivity contribution in [3.8, 4) is 0 Å². The van der Waals surface area contributed by atoms with Crippen LogP contribution in [0.3, 0.4) is 0 Å². The van der Waals surface area contributed by atoms with E-state index in [0.717, 1.165) is 47.9 Å². The molecule has 3 heterocycles. The SMILES string of the molecule is CCc1nnc(CNC(=O)C(c2cccnc2)N2CCCC2)s1. The summed E-state index contributed by atoms with van der Waals surface area (Å²) in [6.07, 6.45) is 6.66. The number of carbonyl (C=O) groups excluding carboxylic acids is 1. The summed E-state index contributed by atoms with van der Waals surface area (Å²) in [5, 5.41) is 13.1. The van der Waals surface area contributed by atoms with Gasteiger partial charge in [-0.05, 0) is 44.0 Å². The van der Waals surface area contributed by atoms with Crippen LogP contribution in [0.2, 0.25) is 0 Å². The number of hydrogen-bond acceptors (Lipinski definition) is 6. The van der Waals surface area contributed by atoms with Crippen molar-refractivity contribution in [2.24, 2.45) is 0 Å². The molecule has 1 N–H and O–H groups in total. The highest BCUT2D eigenvalue weighted by Gasteiger charge is 2.29. The number of carbonyl (C=O) groups is 1. The molecule has 6 nitrogen and oxygen atoms in total. The molecule has 3 rings (SSSR count). The minimum atomic E-state index is -0.273. The number of likely N-dealkylation sites (tertiary alicyclic amines) is 1. The van der Waals surface area contributed by atoms with Gasteiger partial charge >= 0.3 is 0 Å². The lowest BCUT2D eigenvalue weighted by Gasteiger charge is -2.26. The van der Waals surface area contributed by atoms with Crippen LogP contribution < -0.4 is 5.32 Å². The molecule has 23 heavy (non-hydrogen) atoms. The van der Waals surface area contributed by atoms with Crippen LogP contribution in [0.25, 0.3) is 0 Å². The number of aromatic nitrogens is 3. The highest BCUT2D eigenvalue weighted by Crippen LogP contribution is 2.25. The topological polar surface area (TPSA) is 71.0 Å². The van der Waals surface area contributed by atoms with Gasteiger partial charge in [0.25, 0.3) is 0 Å². The number of aryl methyl sites for hydroxylation is 1. The molecule has 1 amide bonds. The van der Waals surface area contributed by atoms with Gasteiger partial charge < -0.3 is 5.32 Å². The molecule has 2 aromatic heterocycles. The Bertz CT molecular complexity index is 639. The fraction of sp³-hybridized carbons (Fsp3) is 0.500. The summed E-state index contributed by atoms with van der Waals surface area (Å²) in [4.78, 5) is 19.1. The van der Waals surface area contributed by atoms with Crippen molar-refractivity contribution in [1.29, 1.82) is 0 Å². The Labute approximate surface area is 140 Å². The predicted molar refractivity (Wildman–Crippen MR) is 88.9 cm³/mol. The second kappa shape index (κ2) is 7.61. The van der Waals surface area contributed by atoms with Gasteiger partial charge in [0.15, 0.2) is 0 Å². The minimum absolute atomic E-state index is 0.00754. The maximum atomic E-state index is 12.8. The fourth-order valence-corrected chi connectivity index (χ4v) is 3.55. The Balaban J connectivity index is 1.69. The van der Waals surface area contributed by atoms with Crippen molar-refractivity contribution in [3.63, 3.8) is 0 Å². The zero-order valence-corrected chi connectivity index (χ0v) is 14.1. The lowest BCUT2D eigenvalue weighted by Crippen LogP contribution is -2.39. The molecule has 0 radical (unpaired) electrons. The monoisotopic (exact) mass is 331 g/mol. The van der Waals surface area contributed by atoms with Crippen molar-refractivity contribution in [3.05, 3.63) is 40.1 Å². The lowest BCUT2D eigenvalue weighted by molar-refractivity contribution is -0.126. The van der Waals surface area contributed by atoms with E-state index >= 15 is 0 Å². The first-order valence-corrected chi connectivity index (χ1v) is 8.82. The summed E-state index contributed by atoms with van der Waals surface area (Å²) in [7, 11) is 0. The van der Waals surface area contributed by atoms with E-state index < -0.39 is 0 Å². The molecule has 1 fully saturated rings. The zero-order chi connectivity index (χ0) is 16.1. The molecule has 1 unspecified atom stereocenters. The Morgan fingerprint density at radius 1 is 1.35 bits per heavy atom. The minimum Gasteiger partial charge on any atom is -0.348 e. The molecule has 2 aromatic rings. The summed E-state index contributed by atoms with van der Waals surface area (Å²) in [6.45, 7) is 4.38. The van der Waals surface area contributed by atoms with Crippen molar-refractivity contribution in [1.82, 2.24) is 25.4 Å². The maximum Gasteiger partial charge on any atom is 0.242 e. The Morgan fingerprint density at radius 3 is 2.78 bits per heavy atom. The van der Waals surface area contributed by atoms with Gasteiger partial charge in [0.05, 0.1) is 6.54 Å². The largest absolute Gasteiger partial charge is 0.348 e. The van der Waals surface area contributed by atoms with E-state index in [9.17, 15) is 4.79 Å². The second-order valence-corrected chi connectivity index (χ2v) is 6.74. The summed E-state index contributed by atoms with van der Waals surface area (Å²) in [5.41, 5.74) is 0.943. The van der Waals surface area contributed by atoms with E-state index in [2.05, 4.69) is 32.3 Å². The molecular formula is C16H21N5OS. The van der Waals surface area contributed by atoms with Gasteiger partial charge in [-0.1, -0.05) is 24.3 Å². The van der Waals surface area contributed by atoms with Gasteiger partial charge in [-0.15, -0.1) is 10.2 Å². The smallest absolute Gasteiger partial charge is 0.242 e. The van der Waals surface area contributed by atoms with E-state index in [0.29, 0.717) is 6.54 Å². The van der Waals surface area contributed by atoms with Crippen molar-refractivity contribution in [2.75, 3.05) is 13.1 Å². The first-order chi connectivity index (χ1) is 11.3. The van der Waals surface area contributed by atoms with Gasteiger partial charge in [0.2, 0.25) is 5.91 Å². The number of hydrogen-bond donors (Lipinski definition) is 1. The van der Waals surface area contributed by atoms with Crippen LogP contribution >= 0.6 is 11.3 Å². The Hall–Kier alpha value is -1.86. The third-order valence-electron chi connectivity index (χ3n) is 3.98. The highest BCUT2D eigenvalue weighted by atomic mass is 32.1. The van der Waals surface area contributed by atoms with E-state index in [1.54, 1.807) is 23.7 Å². The first kappa shape index (κ1) is 16.0. The number of rotatable bonds is 6. The van der Waals surface area contributed by atoms with Crippen molar-refractivity contribution < 1.29 is 4.79 Å². The Morgan fingerprint density at radius 2 is 2.13 bits per heavy atom. The first-order valence-electron chi connectivity index (χ1n) is 8.01. The number of amides is 1. The fourth-order valence-electron chi connectivity index (χ4n) is 2.83. The van der Waals surface area contributed by atoms with Crippen LogP contribution in [0.4, 0.5) is 0 Å². The summed E-state index contributed by atoms with van der Waals surface area (Å²) >= 11 is 1.55. The summed E-state index contributed by atoms with van der Waals surface area (Å²) in [6, 6.07) is 3.57. The van der Waals surface area contributed by atoms with Gasteiger partial charge in [0, 0.05) is 12.4 Å². The number of nitrogens with one attached hydrogen (secondary N) is 1. The lowest BCUT2D eigenvalue weighted by atomic mass is 10.1. The maximum absolute atomic E-state index is 12.8. The van der Waals surface area contributed by atoms with E-state index in [4.69, 9.17) is 0 Å². The molecular weight excluding hydrogens is 310 g/mol. The van der Waals surface area contributed by atoms with Gasteiger partial charge in [-0.2, -0.15) is 0 Å². The number of pyridine rings is 1. The van der Waals surface area contributed by atoms with Crippen LogP contribution in [0, 0.1) is 0 Å². The summed E-state index contributed by atoms with van der Waals surface area (Å²) in [5.74, 6) is 0.00754. The molecule has 1 aliphatic heterocycles.